The number of hydrogen-bond donors (Lipinski definition) is 0. The number of rotatable bonds is 8. The maximum atomic E-state index is 12.0. The van der Waals surface area contributed by atoms with E-state index in [1.165, 1.54) is 0 Å². The Bertz CT molecular complexity index is 704. The lowest BCUT2D eigenvalue weighted by Gasteiger charge is -2.07. The molecule has 0 heterocycles. The van der Waals surface area contributed by atoms with Crippen LogP contribution in [0.3, 0.4) is 0 Å². The second kappa shape index (κ2) is 8.13. The Hall–Kier alpha value is -1.85. The smallest absolute Gasteiger partial charge is 0.296 e. The molecule has 2 aromatic carbocycles. The lowest BCUT2D eigenvalue weighted by atomic mass is 10.1. The molecule has 0 saturated heterocycles. The van der Waals surface area contributed by atoms with Crippen molar-refractivity contribution in [2.24, 2.45) is 0 Å². The summed E-state index contributed by atoms with van der Waals surface area (Å²) in [6.45, 7) is 4.67. The molecule has 5 heteroatoms. The summed E-state index contributed by atoms with van der Waals surface area (Å²) in [4.78, 5) is 0.198. The lowest BCUT2D eigenvalue weighted by molar-refractivity contribution is 0.312. The van der Waals surface area contributed by atoms with Crippen molar-refractivity contribution in [1.82, 2.24) is 0 Å². The molecule has 0 fully saturated rings. The Morgan fingerprint density at radius 1 is 0.957 bits per heavy atom. The first-order valence-electron chi connectivity index (χ1n) is 7.69. The summed E-state index contributed by atoms with van der Waals surface area (Å²) in [5.41, 5.74) is 2.14. The van der Waals surface area contributed by atoms with Gasteiger partial charge in [0.25, 0.3) is 10.1 Å². The molecule has 0 atom stereocenters. The van der Waals surface area contributed by atoms with Crippen LogP contribution in [-0.2, 0) is 20.7 Å². The quantitative estimate of drug-likeness (QED) is 0.545. The zero-order valence-electron chi connectivity index (χ0n) is 13.5. The zero-order chi connectivity index (χ0) is 16.7. The molecule has 0 amide bonds. The van der Waals surface area contributed by atoms with Gasteiger partial charge in [-0.1, -0.05) is 29.8 Å². The molecule has 4 nitrogen and oxygen atoms in total. The van der Waals surface area contributed by atoms with Crippen molar-refractivity contribution >= 4 is 10.1 Å². The van der Waals surface area contributed by atoms with Gasteiger partial charge in [-0.3, -0.25) is 4.18 Å². The highest BCUT2D eigenvalue weighted by Crippen LogP contribution is 2.15. The van der Waals surface area contributed by atoms with E-state index in [2.05, 4.69) is 0 Å². The van der Waals surface area contributed by atoms with E-state index in [1.807, 2.05) is 38.1 Å². The fourth-order valence-electron chi connectivity index (χ4n) is 2.14. The molecular weight excluding hydrogens is 312 g/mol. The number of ether oxygens (including phenoxy) is 1. The Morgan fingerprint density at radius 3 is 2.22 bits per heavy atom. The summed E-state index contributed by atoms with van der Waals surface area (Å²) < 4.78 is 34.5. The number of aryl methyl sites for hydroxylation is 2. The molecule has 0 radical (unpaired) electrons. The van der Waals surface area contributed by atoms with Gasteiger partial charge in [0.1, 0.15) is 5.75 Å². The van der Waals surface area contributed by atoms with Gasteiger partial charge in [0, 0.05) is 0 Å². The van der Waals surface area contributed by atoms with Crippen LogP contribution in [0.2, 0.25) is 0 Å². The first-order valence-corrected chi connectivity index (χ1v) is 9.10. The van der Waals surface area contributed by atoms with Gasteiger partial charge >= 0.3 is 0 Å². The van der Waals surface area contributed by atoms with Crippen LogP contribution < -0.4 is 4.74 Å². The molecule has 2 rings (SSSR count). The molecule has 0 aliphatic rings. The molecule has 0 aromatic heterocycles. The highest BCUT2D eigenvalue weighted by Gasteiger charge is 2.14. The topological polar surface area (TPSA) is 52.6 Å². The SMILES string of the molecule is CCOc1ccc(CCCOS(=O)(=O)c2ccc(C)cc2)cc1. The van der Waals surface area contributed by atoms with Crippen LogP contribution in [-0.4, -0.2) is 21.6 Å². The van der Waals surface area contributed by atoms with Gasteiger partial charge in [0.05, 0.1) is 18.1 Å². The van der Waals surface area contributed by atoms with Gasteiger partial charge in [-0.25, -0.2) is 0 Å². The predicted molar refractivity (Wildman–Crippen MR) is 90.2 cm³/mol. The minimum atomic E-state index is -3.67. The van der Waals surface area contributed by atoms with E-state index in [4.69, 9.17) is 8.92 Å². The van der Waals surface area contributed by atoms with Crippen molar-refractivity contribution in [3.05, 3.63) is 59.7 Å². The summed E-state index contributed by atoms with van der Waals surface area (Å²) in [5.74, 6) is 0.842. The van der Waals surface area contributed by atoms with Gasteiger partial charge in [0.2, 0.25) is 0 Å². The maximum Gasteiger partial charge on any atom is 0.296 e. The van der Waals surface area contributed by atoms with Crippen LogP contribution in [0.15, 0.2) is 53.4 Å². The molecule has 124 valence electrons. The van der Waals surface area contributed by atoms with E-state index in [1.54, 1.807) is 24.3 Å². The molecule has 0 bridgehead atoms. The molecule has 23 heavy (non-hydrogen) atoms. The molecule has 2 aromatic rings. The minimum absolute atomic E-state index is 0.170. The highest BCUT2D eigenvalue weighted by atomic mass is 32.2. The van der Waals surface area contributed by atoms with Crippen molar-refractivity contribution in [2.45, 2.75) is 31.6 Å². The first kappa shape index (κ1) is 17.5. The third kappa shape index (κ3) is 5.37. The Balaban J connectivity index is 1.81. The van der Waals surface area contributed by atoms with Crippen LogP contribution >= 0.6 is 0 Å². The largest absolute Gasteiger partial charge is 0.494 e. The maximum absolute atomic E-state index is 12.0. The fourth-order valence-corrected chi connectivity index (χ4v) is 3.08. The van der Waals surface area contributed by atoms with Crippen LogP contribution in [0.1, 0.15) is 24.5 Å². The molecule has 0 spiro atoms. The van der Waals surface area contributed by atoms with E-state index >= 15 is 0 Å². The van der Waals surface area contributed by atoms with Crippen molar-refractivity contribution in [1.29, 1.82) is 0 Å². The van der Waals surface area contributed by atoms with E-state index in [9.17, 15) is 8.42 Å². The standard InChI is InChI=1S/C18H22O4S/c1-3-21-17-10-8-16(9-11-17)5-4-14-22-23(19,20)18-12-6-15(2)7-13-18/h6-13H,3-5,14H2,1-2H3. The number of hydrogen-bond acceptors (Lipinski definition) is 4. The fraction of sp³-hybridized carbons (Fsp3) is 0.333. The molecule has 0 saturated carbocycles. The number of benzene rings is 2. The van der Waals surface area contributed by atoms with Crippen molar-refractivity contribution in [3.8, 4) is 5.75 Å². The highest BCUT2D eigenvalue weighted by molar-refractivity contribution is 7.86. The molecule has 0 aliphatic carbocycles. The second-order valence-corrected chi connectivity index (χ2v) is 6.89. The molecule has 0 aliphatic heterocycles. The third-order valence-electron chi connectivity index (χ3n) is 3.39. The van der Waals surface area contributed by atoms with Crippen LogP contribution in [0, 0.1) is 6.92 Å². The van der Waals surface area contributed by atoms with E-state index < -0.39 is 10.1 Å². The van der Waals surface area contributed by atoms with Crippen LogP contribution in [0.25, 0.3) is 0 Å². The molecule has 0 unspecified atom stereocenters. The van der Waals surface area contributed by atoms with Gasteiger partial charge in [0.15, 0.2) is 0 Å². The third-order valence-corrected chi connectivity index (χ3v) is 4.72. The van der Waals surface area contributed by atoms with E-state index in [-0.39, 0.29) is 11.5 Å². The van der Waals surface area contributed by atoms with Crippen molar-refractivity contribution < 1.29 is 17.3 Å². The summed E-state index contributed by atoms with van der Waals surface area (Å²) >= 11 is 0. The van der Waals surface area contributed by atoms with Gasteiger partial charge in [-0.05, 0) is 56.5 Å². The van der Waals surface area contributed by atoms with Gasteiger partial charge in [-0.2, -0.15) is 8.42 Å². The summed E-state index contributed by atoms with van der Waals surface area (Å²) in [6, 6.07) is 14.5. The predicted octanol–water partition coefficient (Wildman–Crippen LogP) is 3.73. The Kier molecular flexibility index (Phi) is 6.19. The van der Waals surface area contributed by atoms with Crippen molar-refractivity contribution in [2.75, 3.05) is 13.2 Å². The van der Waals surface area contributed by atoms with Gasteiger partial charge < -0.3 is 4.74 Å². The summed E-state index contributed by atoms with van der Waals surface area (Å²) in [5, 5.41) is 0. The first-order chi connectivity index (χ1) is 11.0. The Labute approximate surface area is 138 Å². The summed E-state index contributed by atoms with van der Waals surface area (Å²) in [7, 11) is -3.67. The van der Waals surface area contributed by atoms with Gasteiger partial charge in [-0.15, -0.1) is 0 Å². The Morgan fingerprint density at radius 2 is 1.61 bits per heavy atom. The van der Waals surface area contributed by atoms with Crippen LogP contribution in [0.4, 0.5) is 0 Å². The molecular formula is C18H22O4S. The normalized spacial score (nSPS) is 11.4. The average Bonchev–Trinajstić information content (AvgIpc) is 2.54. The van der Waals surface area contributed by atoms with E-state index in [0.29, 0.717) is 13.0 Å². The monoisotopic (exact) mass is 334 g/mol. The summed E-state index contributed by atoms with van der Waals surface area (Å²) in [6.07, 6.45) is 1.40. The lowest BCUT2D eigenvalue weighted by Crippen LogP contribution is -2.08. The van der Waals surface area contributed by atoms with E-state index in [0.717, 1.165) is 23.3 Å². The zero-order valence-corrected chi connectivity index (χ0v) is 14.3. The average molecular weight is 334 g/mol. The second-order valence-electron chi connectivity index (χ2n) is 5.27. The van der Waals surface area contributed by atoms with Crippen molar-refractivity contribution in [3.63, 3.8) is 0 Å². The minimum Gasteiger partial charge on any atom is -0.494 e. The molecule has 0 N–H and O–H groups in total. The van der Waals surface area contributed by atoms with Crippen LogP contribution in [0.5, 0.6) is 5.75 Å².